The Kier molecular flexibility index (Phi) is 6.68. The molecule has 8 nitrogen and oxygen atoms in total. The molecule has 5 amide bonds. The van der Waals surface area contributed by atoms with Crippen molar-refractivity contribution < 1.29 is 23.9 Å². The van der Waals surface area contributed by atoms with Crippen molar-refractivity contribution in [3.8, 4) is 5.75 Å². The van der Waals surface area contributed by atoms with Gasteiger partial charge in [0.05, 0.1) is 8.95 Å². The smallest absolute Gasteiger partial charge is 0.328 e. The van der Waals surface area contributed by atoms with Crippen molar-refractivity contribution in [2.45, 2.75) is 6.92 Å². The molecule has 1 fully saturated rings. The van der Waals surface area contributed by atoms with Gasteiger partial charge in [-0.2, -0.15) is 0 Å². The van der Waals surface area contributed by atoms with Crippen LogP contribution in [-0.2, 0) is 14.4 Å². The number of urea groups is 1. The molecule has 0 aliphatic carbocycles. The Balaban J connectivity index is 1.72. The second-order valence-corrected chi connectivity index (χ2v) is 7.97. The molecule has 0 atom stereocenters. The first-order valence-corrected chi connectivity index (χ1v) is 10.2. The van der Waals surface area contributed by atoms with Gasteiger partial charge in [0.15, 0.2) is 6.61 Å². The number of ether oxygens (including phenoxy) is 1. The summed E-state index contributed by atoms with van der Waals surface area (Å²) in [5.41, 5.74) is 1.93. The number of aryl methyl sites for hydroxylation is 1. The summed E-state index contributed by atoms with van der Waals surface area (Å²) in [6, 6.07) is 9.76. The van der Waals surface area contributed by atoms with E-state index in [0.29, 0.717) is 25.9 Å². The number of halogens is 2. The summed E-state index contributed by atoms with van der Waals surface area (Å²) in [5, 5.41) is 6.79. The Hall–Kier alpha value is -2.98. The predicted molar refractivity (Wildman–Crippen MR) is 117 cm³/mol. The van der Waals surface area contributed by atoms with Crippen molar-refractivity contribution in [2.24, 2.45) is 0 Å². The summed E-state index contributed by atoms with van der Waals surface area (Å²) in [4.78, 5) is 47.0. The first-order chi connectivity index (χ1) is 14.2. The van der Waals surface area contributed by atoms with E-state index in [0.717, 1.165) is 5.56 Å². The van der Waals surface area contributed by atoms with Gasteiger partial charge in [0.1, 0.15) is 11.3 Å². The largest absolute Gasteiger partial charge is 0.481 e. The molecule has 10 heteroatoms. The van der Waals surface area contributed by atoms with Gasteiger partial charge in [0, 0.05) is 5.69 Å². The quantitative estimate of drug-likeness (QED) is 0.401. The van der Waals surface area contributed by atoms with Crippen LogP contribution < -0.4 is 20.7 Å². The van der Waals surface area contributed by atoms with Gasteiger partial charge in [-0.05, 0) is 74.2 Å². The lowest BCUT2D eigenvalue weighted by Gasteiger charge is -2.15. The summed E-state index contributed by atoms with van der Waals surface area (Å²) < 4.78 is 6.61. The molecule has 0 aromatic heterocycles. The molecule has 1 heterocycles. The summed E-state index contributed by atoms with van der Waals surface area (Å²) in [6.07, 6.45) is 1.33. The Morgan fingerprint density at radius 3 is 2.27 bits per heavy atom. The normalized spacial score (nSPS) is 13.4. The number of carbonyl (C=O) groups is 4. The highest BCUT2D eigenvalue weighted by Gasteiger charge is 2.27. The molecule has 3 rings (SSSR count). The van der Waals surface area contributed by atoms with E-state index in [-0.39, 0.29) is 18.1 Å². The topological polar surface area (TPSA) is 114 Å². The molecule has 1 aliphatic heterocycles. The van der Waals surface area contributed by atoms with Crippen molar-refractivity contribution in [2.75, 3.05) is 11.9 Å². The molecule has 0 spiro atoms. The molecule has 0 bridgehead atoms. The van der Waals surface area contributed by atoms with Crippen molar-refractivity contribution in [1.82, 2.24) is 10.6 Å². The average Bonchev–Trinajstić information content (AvgIpc) is 2.66. The number of benzene rings is 2. The van der Waals surface area contributed by atoms with Gasteiger partial charge in [-0.15, -0.1) is 0 Å². The molecule has 2 aromatic carbocycles. The average molecular weight is 537 g/mol. The Bertz CT molecular complexity index is 1050. The standard InChI is InChI=1S/C20H15Br2N3O5/c1-10-4-2-3-5-15(10)23-16(26)9-30-17-13(21)7-11(8-14(17)22)6-12-18(27)24-20(29)25-19(12)28/h2-8H,9H2,1H3,(H,23,26)(H2,24,25,27,28,29). The van der Waals surface area contributed by atoms with Crippen molar-refractivity contribution in [3.63, 3.8) is 0 Å². The highest BCUT2D eigenvalue weighted by molar-refractivity contribution is 9.11. The van der Waals surface area contributed by atoms with Crippen molar-refractivity contribution in [3.05, 3.63) is 62.0 Å². The fraction of sp³-hybridized carbons (Fsp3) is 0.100. The van der Waals surface area contributed by atoms with Crippen LogP contribution in [-0.4, -0.2) is 30.4 Å². The maximum absolute atomic E-state index is 12.2. The van der Waals surface area contributed by atoms with Crippen molar-refractivity contribution in [1.29, 1.82) is 0 Å². The lowest BCUT2D eigenvalue weighted by Crippen LogP contribution is -2.51. The zero-order valence-corrected chi connectivity index (χ0v) is 18.7. The van der Waals surface area contributed by atoms with E-state index in [4.69, 9.17) is 4.74 Å². The lowest BCUT2D eigenvalue weighted by atomic mass is 10.1. The third-order valence-corrected chi connectivity index (χ3v) is 5.22. The van der Waals surface area contributed by atoms with Crippen LogP contribution in [0.3, 0.4) is 0 Å². The van der Waals surface area contributed by atoms with Crippen LogP contribution >= 0.6 is 31.9 Å². The minimum atomic E-state index is -0.864. The number of amides is 5. The van der Waals surface area contributed by atoms with E-state index in [1.165, 1.54) is 6.08 Å². The minimum Gasteiger partial charge on any atom is -0.481 e. The van der Waals surface area contributed by atoms with Crippen LogP contribution in [0.25, 0.3) is 6.08 Å². The molecular weight excluding hydrogens is 522 g/mol. The van der Waals surface area contributed by atoms with E-state index in [2.05, 4.69) is 37.2 Å². The molecule has 2 aromatic rings. The van der Waals surface area contributed by atoms with Crippen molar-refractivity contribution >= 4 is 67.4 Å². The summed E-state index contributed by atoms with van der Waals surface area (Å²) in [7, 11) is 0. The Labute approximate surface area is 188 Å². The number of hydrogen-bond acceptors (Lipinski definition) is 5. The molecule has 30 heavy (non-hydrogen) atoms. The molecule has 0 saturated carbocycles. The maximum Gasteiger partial charge on any atom is 0.328 e. The SMILES string of the molecule is Cc1ccccc1NC(=O)COc1c(Br)cc(C=C2C(=O)NC(=O)NC2=O)cc1Br. The summed E-state index contributed by atoms with van der Waals surface area (Å²) >= 11 is 6.72. The van der Waals surface area contributed by atoms with Gasteiger partial charge in [0.2, 0.25) is 0 Å². The second kappa shape index (κ2) is 9.23. The van der Waals surface area contributed by atoms with E-state index in [1.807, 2.05) is 35.8 Å². The van der Waals surface area contributed by atoms with Crippen LogP contribution in [0.1, 0.15) is 11.1 Å². The molecule has 0 unspecified atom stereocenters. The highest BCUT2D eigenvalue weighted by atomic mass is 79.9. The number of carbonyl (C=O) groups excluding carboxylic acids is 4. The highest BCUT2D eigenvalue weighted by Crippen LogP contribution is 2.35. The molecule has 154 valence electrons. The van der Waals surface area contributed by atoms with E-state index < -0.39 is 17.8 Å². The summed E-state index contributed by atoms with van der Waals surface area (Å²) in [6.45, 7) is 1.67. The van der Waals surface area contributed by atoms with Crippen LogP contribution in [0.4, 0.5) is 10.5 Å². The first kappa shape index (κ1) is 21.7. The molecule has 0 radical (unpaired) electrons. The number of rotatable bonds is 5. The van der Waals surface area contributed by atoms with Gasteiger partial charge >= 0.3 is 6.03 Å². The Morgan fingerprint density at radius 2 is 1.67 bits per heavy atom. The van der Waals surface area contributed by atoms with E-state index in [1.54, 1.807) is 18.2 Å². The van der Waals surface area contributed by atoms with Crippen LogP contribution in [0.5, 0.6) is 5.75 Å². The van der Waals surface area contributed by atoms with E-state index in [9.17, 15) is 19.2 Å². The van der Waals surface area contributed by atoms with Gasteiger partial charge in [-0.1, -0.05) is 18.2 Å². The number of anilines is 1. The predicted octanol–water partition coefficient (Wildman–Crippen LogP) is 3.29. The fourth-order valence-electron chi connectivity index (χ4n) is 2.61. The number of nitrogens with one attached hydrogen (secondary N) is 3. The number of para-hydroxylation sites is 1. The molecule has 1 saturated heterocycles. The van der Waals surface area contributed by atoms with Gasteiger partial charge in [-0.3, -0.25) is 25.0 Å². The number of barbiturate groups is 1. The maximum atomic E-state index is 12.2. The zero-order valence-electron chi connectivity index (χ0n) is 15.5. The second-order valence-electron chi connectivity index (χ2n) is 6.26. The van der Waals surface area contributed by atoms with E-state index >= 15 is 0 Å². The fourth-order valence-corrected chi connectivity index (χ4v) is 4.06. The molecule has 1 aliphatic rings. The lowest BCUT2D eigenvalue weighted by molar-refractivity contribution is -0.124. The van der Waals surface area contributed by atoms with Gasteiger partial charge < -0.3 is 10.1 Å². The number of imide groups is 2. The first-order valence-electron chi connectivity index (χ1n) is 8.60. The third-order valence-electron chi connectivity index (χ3n) is 4.04. The third kappa shape index (κ3) is 5.14. The monoisotopic (exact) mass is 535 g/mol. The van der Waals surface area contributed by atoms with Crippen LogP contribution in [0.15, 0.2) is 50.9 Å². The van der Waals surface area contributed by atoms with Gasteiger partial charge in [-0.25, -0.2) is 4.79 Å². The Morgan fingerprint density at radius 1 is 1.07 bits per heavy atom. The van der Waals surface area contributed by atoms with Crippen LogP contribution in [0, 0.1) is 6.92 Å². The van der Waals surface area contributed by atoms with Crippen LogP contribution in [0.2, 0.25) is 0 Å². The summed E-state index contributed by atoms with van der Waals surface area (Å²) in [5.74, 6) is -1.52. The minimum absolute atomic E-state index is 0.209. The molecule has 3 N–H and O–H groups in total. The molecular formula is C20H15Br2N3O5. The number of hydrogen-bond donors (Lipinski definition) is 3. The zero-order chi connectivity index (χ0) is 21.8. The van der Waals surface area contributed by atoms with Gasteiger partial charge in [0.25, 0.3) is 17.7 Å².